The second-order valence-corrected chi connectivity index (χ2v) is 17.8. The average Bonchev–Trinajstić information content (AvgIpc) is 3.44. The molecule has 288 valence electrons. The van der Waals surface area contributed by atoms with Crippen LogP contribution in [0.2, 0.25) is 0 Å². The number of esters is 2. The van der Waals surface area contributed by atoms with Gasteiger partial charge in [-0.1, -0.05) is 25.3 Å². The van der Waals surface area contributed by atoms with Gasteiger partial charge in [0.25, 0.3) is 0 Å². The van der Waals surface area contributed by atoms with Crippen LogP contribution in [0.5, 0.6) is 0 Å². The number of hydrogen-bond donors (Lipinski definition) is 4. The number of aliphatic hydroxyl groups is 1. The third-order valence-electron chi connectivity index (χ3n) is 14.3. The number of carbonyl (C=O) groups is 3. The van der Waals surface area contributed by atoms with Gasteiger partial charge in [-0.15, -0.1) is 0 Å². The number of likely N-dealkylation sites (tertiary alicyclic amines) is 1. The summed E-state index contributed by atoms with van der Waals surface area (Å²) in [6, 6.07) is 0. The monoisotopic (exact) mass is 714 g/mol. The number of amides is 1. The first-order chi connectivity index (χ1) is 24.3. The Hall–Kier alpha value is -2.05. The van der Waals surface area contributed by atoms with Crippen LogP contribution in [-0.2, 0) is 28.6 Å². The summed E-state index contributed by atoms with van der Waals surface area (Å²) in [6.45, 7) is 10.8. The maximum atomic E-state index is 13.7. The molecule has 9 atom stereocenters. The topological polar surface area (TPSA) is 152 Å². The Kier molecular flexibility index (Phi) is 11.9. The minimum atomic E-state index is -0.968. The molecule has 2 saturated carbocycles. The zero-order valence-electron chi connectivity index (χ0n) is 31.9. The summed E-state index contributed by atoms with van der Waals surface area (Å²) in [6.07, 6.45) is 12.1. The van der Waals surface area contributed by atoms with Gasteiger partial charge in [0.2, 0.25) is 5.91 Å². The summed E-state index contributed by atoms with van der Waals surface area (Å²) in [5.74, 6) is 0.708. The third-order valence-corrected chi connectivity index (χ3v) is 14.3. The summed E-state index contributed by atoms with van der Waals surface area (Å²) in [5.41, 5.74) is 5.14. The smallest absolute Gasteiger partial charge is 0.334 e. The lowest BCUT2D eigenvalue weighted by molar-refractivity contribution is -0.210. The summed E-state index contributed by atoms with van der Waals surface area (Å²) in [4.78, 5) is 42.5. The molecule has 6 fully saturated rings. The van der Waals surface area contributed by atoms with Crippen molar-refractivity contribution in [3.05, 3.63) is 11.6 Å². The first-order valence-electron chi connectivity index (χ1n) is 20.1. The van der Waals surface area contributed by atoms with Crippen LogP contribution in [0.1, 0.15) is 111 Å². The van der Waals surface area contributed by atoms with Gasteiger partial charge < -0.3 is 40.6 Å². The van der Waals surface area contributed by atoms with Crippen LogP contribution in [0.25, 0.3) is 0 Å². The van der Waals surface area contributed by atoms with Gasteiger partial charge in [-0.3, -0.25) is 9.59 Å². The lowest BCUT2D eigenvalue weighted by Gasteiger charge is -2.49. The minimum Gasteiger partial charge on any atom is -0.462 e. The average molecular weight is 715 g/mol. The predicted molar refractivity (Wildman–Crippen MR) is 194 cm³/mol. The molecular weight excluding hydrogens is 648 g/mol. The van der Waals surface area contributed by atoms with Crippen molar-refractivity contribution in [1.29, 1.82) is 0 Å². The number of nitrogens with zero attached hydrogens (tertiary/aromatic N) is 1. The van der Waals surface area contributed by atoms with Gasteiger partial charge in [-0.2, -0.15) is 0 Å². The molecular formula is C40H66N4O7. The number of allylic oxidation sites excluding steroid dienone is 1. The van der Waals surface area contributed by atoms with Gasteiger partial charge in [0.1, 0.15) is 17.3 Å². The second-order valence-electron chi connectivity index (χ2n) is 17.8. The van der Waals surface area contributed by atoms with E-state index in [0.717, 1.165) is 64.6 Å². The van der Waals surface area contributed by atoms with E-state index in [1.165, 1.54) is 6.42 Å². The van der Waals surface area contributed by atoms with E-state index < -0.39 is 11.2 Å². The molecule has 51 heavy (non-hydrogen) atoms. The molecule has 0 radical (unpaired) electrons. The number of aliphatic hydroxyl groups excluding tert-OH is 1. The van der Waals surface area contributed by atoms with Gasteiger partial charge in [0, 0.05) is 57.1 Å². The maximum Gasteiger partial charge on any atom is 0.334 e. The fourth-order valence-corrected chi connectivity index (χ4v) is 11.0. The van der Waals surface area contributed by atoms with Crippen molar-refractivity contribution in [3.63, 3.8) is 0 Å². The first kappa shape index (κ1) is 38.7. The minimum absolute atomic E-state index is 0.0787. The third kappa shape index (κ3) is 7.94. The molecule has 0 aromatic carbocycles. The van der Waals surface area contributed by atoms with E-state index in [2.05, 4.69) is 10.6 Å². The molecule has 0 spiro atoms. The molecule has 0 aromatic heterocycles. The zero-order valence-corrected chi connectivity index (χ0v) is 31.9. The van der Waals surface area contributed by atoms with Crippen LogP contribution in [0.15, 0.2) is 11.6 Å². The lowest BCUT2D eigenvalue weighted by atomic mass is 9.59. The number of nitrogens with one attached hydrogen (secondary N) is 2. The number of carbonyl (C=O) groups excluding carboxylic acids is 3. The number of rotatable bonds is 12. The van der Waals surface area contributed by atoms with Crippen LogP contribution in [-0.4, -0.2) is 97.3 Å². The highest BCUT2D eigenvalue weighted by Crippen LogP contribution is 2.57. The lowest BCUT2D eigenvalue weighted by Crippen LogP contribution is -2.58. The normalized spacial score (nSPS) is 37.2. The fourth-order valence-electron chi connectivity index (χ4n) is 11.0. The van der Waals surface area contributed by atoms with E-state index >= 15 is 0 Å². The van der Waals surface area contributed by atoms with Crippen LogP contribution in [0.3, 0.4) is 0 Å². The predicted octanol–water partition coefficient (Wildman–Crippen LogP) is 4.06. The molecule has 6 rings (SSSR count). The van der Waals surface area contributed by atoms with E-state index in [1.54, 1.807) is 13.0 Å². The molecule has 4 heterocycles. The SMILES string of the molecule is CC=C(C)C(=O)OC(C)(C)C1(CC2CC(N)NCC2CC(=O)N2CC(CNC)C2)CC2CC3CC(C4(CCO)CCCCC4)C(=O)OC3CC2O1. The van der Waals surface area contributed by atoms with E-state index in [-0.39, 0.29) is 77.8 Å². The second kappa shape index (κ2) is 15.7. The molecule has 0 aromatic rings. The summed E-state index contributed by atoms with van der Waals surface area (Å²) in [5, 5.41) is 16.7. The number of ether oxygens (including phenoxy) is 3. The van der Waals surface area contributed by atoms with E-state index in [9.17, 15) is 19.5 Å². The van der Waals surface area contributed by atoms with Crippen molar-refractivity contribution in [2.75, 3.05) is 39.8 Å². The summed E-state index contributed by atoms with van der Waals surface area (Å²) >= 11 is 0. The van der Waals surface area contributed by atoms with Crippen molar-refractivity contribution >= 4 is 17.8 Å². The highest BCUT2D eigenvalue weighted by molar-refractivity contribution is 5.88. The Bertz CT molecular complexity index is 1290. The largest absolute Gasteiger partial charge is 0.462 e. The Morgan fingerprint density at radius 3 is 2.53 bits per heavy atom. The summed E-state index contributed by atoms with van der Waals surface area (Å²) < 4.78 is 19.9. The molecule has 4 aliphatic heterocycles. The van der Waals surface area contributed by atoms with Gasteiger partial charge >= 0.3 is 11.9 Å². The fraction of sp³-hybridized carbons (Fsp3) is 0.875. The van der Waals surface area contributed by atoms with Gasteiger partial charge in [0.15, 0.2) is 0 Å². The van der Waals surface area contributed by atoms with Crippen LogP contribution in [0.4, 0.5) is 0 Å². The van der Waals surface area contributed by atoms with Crippen molar-refractivity contribution < 1.29 is 33.7 Å². The van der Waals surface area contributed by atoms with Crippen LogP contribution < -0.4 is 16.4 Å². The molecule has 2 aliphatic carbocycles. The Labute approximate surface area is 305 Å². The van der Waals surface area contributed by atoms with Crippen molar-refractivity contribution in [2.24, 2.45) is 46.7 Å². The molecule has 4 saturated heterocycles. The number of fused-ring (bicyclic) bond motifs is 2. The van der Waals surface area contributed by atoms with E-state index in [0.29, 0.717) is 50.1 Å². The molecule has 6 aliphatic rings. The molecule has 5 N–H and O–H groups in total. The molecule has 11 heteroatoms. The van der Waals surface area contributed by atoms with Gasteiger partial charge in [-0.25, -0.2) is 4.79 Å². The van der Waals surface area contributed by atoms with Crippen molar-refractivity contribution in [2.45, 2.75) is 141 Å². The molecule has 1 amide bonds. The van der Waals surface area contributed by atoms with Gasteiger partial charge in [-0.05, 0) is 115 Å². The maximum absolute atomic E-state index is 13.7. The molecule has 11 nitrogen and oxygen atoms in total. The highest BCUT2D eigenvalue weighted by atomic mass is 16.6. The standard InChI is InChI=1S/C40H66N4O7/c1-6-25(2)36(47)51-38(3,4)40(19-28-16-34(41)43-22-30(28)17-35(46)44-23-26(24-44)21-42-5)20-29-14-27-15-31(37(48)49-32(27)18-33(29)50-40)39(12-13-45)10-8-7-9-11-39/h6,26-34,42-43,45H,7-24,41H2,1-5H3. The highest BCUT2D eigenvalue weighted by Gasteiger charge is 2.62. The molecule has 0 bridgehead atoms. The molecule has 9 unspecified atom stereocenters. The zero-order chi connectivity index (χ0) is 36.6. The quantitative estimate of drug-likeness (QED) is 0.172. The Morgan fingerprint density at radius 1 is 1.10 bits per heavy atom. The summed E-state index contributed by atoms with van der Waals surface area (Å²) in [7, 11) is 1.95. The Balaban J connectivity index is 1.23. The van der Waals surface area contributed by atoms with Crippen LogP contribution >= 0.6 is 0 Å². The first-order valence-corrected chi connectivity index (χ1v) is 20.1. The van der Waals surface area contributed by atoms with E-state index in [1.807, 2.05) is 32.7 Å². The Morgan fingerprint density at radius 2 is 1.84 bits per heavy atom. The number of nitrogens with two attached hydrogens (primary N) is 1. The van der Waals surface area contributed by atoms with Crippen molar-refractivity contribution in [1.82, 2.24) is 15.5 Å². The van der Waals surface area contributed by atoms with E-state index in [4.69, 9.17) is 19.9 Å². The van der Waals surface area contributed by atoms with Crippen LogP contribution in [0, 0.1) is 40.9 Å². The number of piperidine rings is 1. The number of hydrogen-bond acceptors (Lipinski definition) is 10. The van der Waals surface area contributed by atoms with Gasteiger partial charge in [0.05, 0.1) is 18.2 Å². The van der Waals surface area contributed by atoms with Crippen molar-refractivity contribution in [3.8, 4) is 0 Å².